The molecule has 2 heterocycles. The molecular weight excluding hydrogens is 462 g/mol. The Bertz CT molecular complexity index is 1060. The van der Waals surface area contributed by atoms with Crippen LogP contribution in [0.2, 0.25) is 0 Å². The number of methoxy groups -OCH3 is 2. The average Bonchev–Trinajstić information content (AvgIpc) is 3.36. The number of carbonyl (C=O) groups excluding carboxylic acids is 1. The Morgan fingerprint density at radius 2 is 1.74 bits per heavy atom. The molecule has 0 N–H and O–H groups in total. The number of amides is 1. The second-order valence-corrected chi connectivity index (χ2v) is 9.61. The first-order valence-electron chi connectivity index (χ1n) is 11.9. The minimum Gasteiger partial charge on any atom is -0.497 e. The van der Waals surface area contributed by atoms with Crippen LogP contribution in [-0.4, -0.2) is 65.8 Å². The zero-order chi connectivity index (χ0) is 24.5. The largest absolute Gasteiger partial charge is 0.497 e. The van der Waals surface area contributed by atoms with Gasteiger partial charge in [0.1, 0.15) is 23.1 Å². The Labute approximate surface area is 211 Å². The van der Waals surface area contributed by atoms with Gasteiger partial charge in [0.25, 0.3) is 0 Å². The first-order chi connectivity index (χ1) is 17.2. The lowest BCUT2D eigenvalue weighted by Gasteiger charge is -2.32. The van der Waals surface area contributed by atoms with E-state index in [2.05, 4.69) is 9.55 Å². The maximum Gasteiger partial charge on any atom is 0.232 e. The Morgan fingerprint density at radius 1 is 1.03 bits per heavy atom. The van der Waals surface area contributed by atoms with Crippen LogP contribution in [0.3, 0.4) is 0 Å². The third-order valence-electron chi connectivity index (χ3n) is 6.19. The standard InChI is InChI=1S/C27H33N3O4S/c1-32-24-16-21(17-25(18-24)33-2)19-30-13-10-28-27(30)22-8-11-29(12-9-22)26(31)20-35-15-14-34-23-6-4-3-5-7-23/h3-7,10,13,16-18,22H,8-9,11-12,14-15,19-20H2,1-2H3. The van der Waals surface area contributed by atoms with Crippen LogP contribution in [0.4, 0.5) is 0 Å². The molecule has 4 rings (SSSR count). The summed E-state index contributed by atoms with van der Waals surface area (Å²) < 4.78 is 18.7. The number of thioether (sulfide) groups is 1. The first-order valence-corrected chi connectivity index (χ1v) is 13.1. The van der Waals surface area contributed by atoms with Gasteiger partial charge in [-0.25, -0.2) is 4.98 Å². The van der Waals surface area contributed by atoms with Crippen molar-refractivity contribution in [2.24, 2.45) is 0 Å². The normalized spacial score (nSPS) is 14.1. The van der Waals surface area contributed by atoms with E-state index in [1.165, 1.54) is 0 Å². The molecule has 2 aromatic carbocycles. The Morgan fingerprint density at radius 3 is 2.43 bits per heavy atom. The smallest absolute Gasteiger partial charge is 0.232 e. The molecule has 1 amide bonds. The van der Waals surface area contributed by atoms with Crippen molar-refractivity contribution in [1.29, 1.82) is 0 Å². The van der Waals surface area contributed by atoms with E-state index in [0.717, 1.165) is 60.3 Å². The number of hydrogen-bond donors (Lipinski definition) is 0. The van der Waals surface area contributed by atoms with Crippen molar-refractivity contribution in [1.82, 2.24) is 14.5 Å². The van der Waals surface area contributed by atoms with Crippen molar-refractivity contribution >= 4 is 17.7 Å². The summed E-state index contributed by atoms with van der Waals surface area (Å²) in [5.41, 5.74) is 1.10. The molecule has 35 heavy (non-hydrogen) atoms. The van der Waals surface area contributed by atoms with Crippen LogP contribution in [0.1, 0.15) is 30.1 Å². The molecule has 0 atom stereocenters. The molecule has 0 saturated carbocycles. The zero-order valence-corrected chi connectivity index (χ0v) is 21.2. The van der Waals surface area contributed by atoms with Crippen LogP contribution in [0.5, 0.6) is 17.2 Å². The van der Waals surface area contributed by atoms with Crippen molar-refractivity contribution in [3.63, 3.8) is 0 Å². The molecule has 0 bridgehead atoms. The summed E-state index contributed by atoms with van der Waals surface area (Å²) in [6.07, 6.45) is 5.73. The number of rotatable bonds is 11. The number of carbonyl (C=O) groups is 1. The third-order valence-corrected chi connectivity index (χ3v) is 7.10. The summed E-state index contributed by atoms with van der Waals surface area (Å²) in [6, 6.07) is 15.7. The van der Waals surface area contributed by atoms with Crippen molar-refractivity contribution in [2.75, 3.05) is 45.4 Å². The molecular formula is C27H33N3O4S. The predicted octanol–water partition coefficient (Wildman–Crippen LogP) is 4.47. The van der Waals surface area contributed by atoms with E-state index >= 15 is 0 Å². The van der Waals surface area contributed by atoms with E-state index in [1.54, 1.807) is 26.0 Å². The fourth-order valence-corrected chi connectivity index (χ4v) is 5.04. The summed E-state index contributed by atoms with van der Waals surface area (Å²) in [5.74, 6) is 5.33. The van der Waals surface area contributed by atoms with E-state index in [-0.39, 0.29) is 5.91 Å². The number of hydrogen-bond acceptors (Lipinski definition) is 6. The van der Waals surface area contributed by atoms with Crippen molar-refractivity contribution < 1.29 is 19.0 Å². The van der Waals surface area contributed by atoms with E-state index in [0.29, 0.717) is 24.8 Å². The molecule has 1 saturated heterocycles. The minimum atomic E-state index is 0.208. The highest BCUT2D eigenvalue weighted by atomic mass is 32.2. The molecule has 0 aliphatic carbocycles. The summed E-state index contributed by atoms with van der Waals surface area (Å²) in [5, 5.41) is 0. The number of nitrogens with zero attached hydrogens (tertiary/aromatic N) is 3. The highest BCUT2D eigenvalue weighted by molar-refractivity contribution is 7.99. The van der Waals surface area contributed by atoms with E-state index in [9.17, 15) is 4.79 Å². The first kappa shape index (κ1) is 25.0. The Kier molecular flexibility index (Phi) is 8.95. The highest BCUT2D eigenvalue weighted by Crippen LogP contribution is 2.29. The number of piperidine rings is 1. The number of benzene rings is 2. The van der Waals surface area contributed by atoms with E-state index in [4.69, 9.17) is 14.2 Å². The molecule has 1 aromatic heterocycles. The molecule has 0 spiro atoms. The predicted molar refractivity (Wildman–Crippen MR) is 139 cm³/mol. The van der Waals surface area contributed by atoms with Crippen LogP contribution < -0.4 is 14.2 Å². The molecule has 0 unspecified atom stereocenters. The zero-order valence-electron chi connectivity index (χ0n) is 20.4. The van der Waals surface area contributed by atoms with Gasteiger partial charge < -0.3 is 23.7 Å². The minimum absolute atomic E-state index is 0.208. The SMILES string of the molecule is COc1cc(Cn2ccnc2C2CCN(C(=O)CSCCOc3ccccc3)CC2)cc(OC)c1. The molecule has 1 fully saturated rings. The fourth-order valence-electron chi connectivity index (χ4n) is 4.34. The van der Waals surface area contributed by atoms with Gasteiger partial charge in [0.05, 0.1) is 26.6 Å². The van der Waals surface area contributed by atoms with Gasteiger partial charge in [0, 0.05) is 49.8 Å². The van der Waals surface area contributed by atoms with E-state index < -0.39 is 0 Å². The monoisotopic (exact) mass is 495 g/mol. The number of para-hydroxylation sites is 1. The molecule has 7 nitrogen and oxygen atoms in total. The van der Waals surface area contributed by atoms with Gasteiger partial charge >= 0.3 is 0 Å². The number of ether oxygens (including phenoxy) is 3. The Balaban J connectivity index is 1.23. The van der Waals surface area contributed by atoms with Crippen LogP contribution in [0.25, 0.3) is 0 Å². The highest BCUT2D eigenvalue weighted by Gasteiger charge is 2.26. The van der Waals surface area contributed by atoms with Crippen molar-refractivity contribution in [3.05, 3.63) is 72.3 Å². The summed E-state index contributed by atoms with van der Waals surface area (Å²) >= 11 is 1.63. The average molecular weight is 496 g/mol. The summed E-state index contributed by atoms with van der Waals surface area (Å²) in [7, 11) is 3.32. The molecule has 186 valence electrons. The van der Waals surface area contributed by atoms with Crippen LogP contribution in [-0.2, 0) is 11.3 Å². The number of aromatic nitrogens is 2. The maximum atomic E-state index is 12.7. The third kappa shape index (κ3) is 6.94. The molecule has 8 heteroatoms. The lowest BCUT2D eigenvalue weighted by molar-refractivity contribution is -0.129. The molecule has 3 aromatic rings. The maximum absolute atomic E-state index is 12.7. The summed E-state index contributed by atoms with van der Waals surface area (Å²) in [4.78, 5) is 19.3. The van der Waals surface area contributed by atoms with Gasteiger partial charge in [-0.15, -0.1) is 11.8 Å². The van der Waals surface area contributed by atoms with Crippen LogP contribution >= 0.6 is 11.8 Å². The van der Waals surface area contributed by atoms with Crippen molar-refractivity contribution in [2.45, 2.75) is 25.3 Å². The lowest BCUT2D eigenvalue weighted by Crippen LogP contribution is -2.39. The molecule has 1 aliphatic rings. The van der Waals surface area contributed by atoms with Crippen LogP contribution in [0.15, 0.2) is 60.9 Å². The summed E-state index contributed by atoms with van der Waals surface area (Å²) in [6.45, 7) is 2.84. The van der Waals surface area contributed by atoms with Crippen LogP contribution in [0, 0.1) is 0 Å². The topological polar surface area (TPSA) is 65.8 Å². The Hall–Kier alpha value is -3.13. The quantitative estimate of drug-likeness (QED) is 0.366. The van der Waals surface area contributed by atoms with Gasteiger partial charge in [0.2, 0.25) is 5.91 Å². The number of imidazole rings is 1. The van der Waals surface area contributed by atoms with Gasteiger partial charge in [0.15, 0.2) is 0 Å². The van der Waals surface area contributed by atoms with Gasteiger partial charge in [-0.1, -0.05) is 18.2 Å². The molecule has 1 aliphatic heterocycles. The van der Waals surface area contributed by atoms with Gasteiger partial charge in [-0.05, 0) is 42.7 Å². The van der Waals surface area contributed by atoms with Gasteiger partial charge in [-0.3, -0.25) is 4.79 Å². The lowest BCUT2D eigenvalue weighted by atomic mass is 9.95. The second kappa shape index (κ2) is 12.5. The van der Waals surface area contributed by atoms with Crippen molar-refractivity contribution in [3.8, 4) is 17.2 Å². The van der Waals surface area contributed by atoms with E-state index in [1.807, 2.05) is 65.8 Å². The molecule has 0 radical (unpaired) electrons. The second-order valence-electron chi connectivity index (χ2n) is 8.50. The van der Waals surface area contributed by atoms with Gasteiger partial charge in [-0.2, -0.15) is 0 Å². The fraction of sp³-hybridized carbons (Fsp3) is 0.407. The number of likely N-dealkylation sites (tertiary alicyclic amines) is 1.